The van der Waals surface area contributed by atoms with Gasteiger partial charge in [0.2, 0.25) is 0 Å². The summed E-state index contributed by atoms with van der Waals surface area (Å²) in [5.41, 5.74) is 6.33. The molecular weight excluding hydrogens is 299 g/mol. The minimum Gasteiger partial charge on any atom is -0.389 e. The van der Waals surface area contributed by atoms with E-state index in [-0.39, 0.29) is 33.2 Å². The molecule has 104 valence electrons. The molecule has 0 amide bonds. The summed E-state index contributed by atoms with van der Waals surface area (Å²) in [6.07, 6.45) is 0. The summed E-state index contributed by atoms with van der Waals surface area (Å²) in [5.74, 6) is -0.454. The maximum absolute atomic E-state index is 13.8. The van der Waals surface area contributed by atoms with E-state index in [1.54, 1.807) is 25.1 Å². The predicted octanol–water partition coefficient (Wildman–Crippen LogP) is 2.63. The van der Waals surface area contributed by atoms with Gasteiger partial charge >= 0.3 is 0 Å². The predicted molar refractivity (Wildman–Crippen MR) is 81.8 cm³/mol. The minimum atomic E-state index is -0.454. The van der Waals surface area contributed by atoms with Gasteiger partial charge in [0, 0.05) is 16.3 Å². The second-order valence-electron chi connectivity index (χ2n) is 4.34. The summed E-state index contributed by atoms with van der Waals surface area (Å²) >= 11 is 10.8. The van der Waals surface area contributed by atoms with Crippen LogP contribution in [0.25, 0.3) is 0 Å². The summed E-state index contributed by atoms with van der Waals surface area (Å²) in [5, 5.41) is 0.275. The van der Waals surface area contributed by atoms with Gasteiger partial charge in [-0.3, -0.25) is 4.79 Å². The van der Waals surface area contributed by atoms with E-state index in [0.29, 0.717) is 5.69 Å². The first kappa shape index (κ1) is 14.7. The highest BCUT2D eigenvalue weighted by Gasteiger charge is 2.13. The van der Waals surface area contributed by atoms with Crippen LogP contribution in [0, 0.1) is 12.7 Å². The fraction of sp³-hybridized carbons (Fsp3) is 0.143. The normalized spacial score (nSPS) is 10.6. The van der Waals surface area contributed by atoms with Crippen LogP contribution in [-0.4, -0.2) is 9.56 Å². The third-order valence-corrected chi connectivity index (χ3v) is 3.61. The fourth-order valence-electron chi connectivity index (χ4n) is 1.90. The van der Waals surface area contributed by atoms with Crippen LogP contribution < -0.4 is 11.3 Å². The van der Waals surface area contributed by atoms with Crippen LogP contribution in [0.3, 0.4) is 0 Å². The van der Waals surface area contributed by atoms with E-state index in [1.165, 1.54) is 16.7 Å². The van der Waals surface area contributed by atoms with E-state index in [1.807, 2.05) is 0 Å². The van der Waals surface area contributed by atoms with Crippen molar-refractivity contribution >= 4 is 28.8 Å². The van der Waals surface area contributed by atoms with Crippen molar-refractivity contribution in [2.24, 2.45) is 5.73 Å². The molecule has 6 heteroatoms. The lowest BCUT2D eigenvalue weighted by molar-refractivity contribution is 0.593. The number of pyridine rings is 1. The number of benzene rings is 1. The van der Waals surface area contributed by atoms with E-state index in [4.69, 9.17) is 29.6 Å². The molecule has 1 aromatic carbocycles. The molecule has 0 spiro atoms. The highest BCUT2D eigenvalue weighted by molar-refractivity contribution is 7.80. The maximum Gasteiger partial charge on any atom is 0.261 e. The molecule has 0 fully saturated rings. The Morgan fingerprint density at radius 3 is 2.70 bits per heavy atom. The highest BCUT2D eigenvalue weighted by atomic mass is 35.5. The Bertz CT molecular complexity index is 722. The van der Waals surface area contributed by atoms with Crippen LogP contribution >= 0.6 is 23.8 Å². The minimum absolute atomic E-state index is 0.0170. The summed E-state index contributed by atoms with van der Waals surface area (Å²) in [7, 11) is 0. The van der Waals surface area contributed by atoms with E-state index in [0.717, 1.165) is 0 Å². The Labute approximate surface area is 125 Å². The first-order chi connectivity index (χ1) is 9.41. The van der Waals surface area contributed by atoms with Crippen LogP contribution in [0.15, 0.2) is 35.1 Å². The molecule has 1 aromatic heterocycles. The van der Waals surface area contributed by atoms with Gasteiger partial charge < -0.3 is 10.3 Å². The van der Waals surface area contributed by atoms with Crippen molar-refractivity contribution in [2.45, 2.75) is 13.5 Å². The molecule has 3 nitrogen and oxygen atoms in total. The molecule has 0 aliphatic carbocycles. The van der Waals surface area contributed by atoms with Crippen LogP contribution in [-0.2, 0) is 6.54 Å². The average molecular weight is 311 g/mol. The van der Waals surface area contributed by atoms with Crippen molar-refractivity contribution < 1.29 is 4.39 Å². The monoisotopic (exact) mass is 310 g/mol. The first-order valence-electron chi connectivity index (χ1n) is 5.85. The number of hydrogen-bond donors (Lipinski definition) is 1. The van der Waals surface area contributed by atoms with Gasteiger partial charge in [-0.1, -0.05) is 29.9 Å². The number of aromatic nitrogens is 1. The van der Waals surface area contributed by atoms with Crippen molar-refractivity contribution in [1.29, 1.82) is 0 Å². The van der Waals surface area contributed by atoms with Crippen molar-refractivity contribution in [3.8, 4) is 0 Å². The Balaban J connectivity index is 2.57. The number of thiocarbonyl (C=S) groups is 1. The van der Waals surface area contributed by atoms with Gasteiger partial charge in [-0.15, -0.1) is 0 Å². The molecule has 0 aliphatic heterocycles. The maximum atomic E-state index is 13.8. The van der Waals surface area contributed by atoms with E-state index < -0.39 is 5.82 Å². The zero-order valence-corrected chi connectivity index (χ0v) is 12.3. The standard InChI is InChI=1S/C14H12ClFN2OS/c1-8-5-6-9(13(17)20)14(19)18(8)7-10-11(15)3-2-4-12(10)16/h2-6H,7H2,1H3,(H2,17,20). The first-order valence-corrected chi connectivity index (χ1v) is 6.63. The molecular formula is C14H12ClFN2OS. The lowest BCUT2D eigenvalue weighted by Gasteiger charge is -2.13. The largest absolute Gasteiger partial charge is 0.389 e. The molecule has 20 heavy (non-hydrogen) atoms. The molecule has 0 saturated heterocycles. The van der Waals surface area contributed by atoms with Crippen LogP contribution in [0.2, 0.25) is 5.02 Å². The van der Waals surface area contributed by atoms with Gasteiger partial charge in [0.1, 0.15) is 10.8 Å². The lowest BCUT2D eigenvalue weighted by atomic mass is 10.2. The van der Waals surface area contributed by atoms with Gasteiger partial charge in [-0.2, -0.15) is 0 Å². The molecule has 0 atom stereocenters. The van der Waals surface area contributed by atoms with Gasteiger partial charge in [0.05, 0.1) is 12.1 Å². The summed E-state index contributed by atoms with van der Waals surface area (Å²) in [4.78, 5) is 12.3. The second-order valence-corrected chi connectivity index (χ2v) is 5.19. The van der Waals surface area contributed by atoms with Crippen LogP contribution in [0.1, 0.15) is 16.8 Å². The average Bonchev–Trinajstić information content (AvgIpc) is 2.36. The smallest absolute Gasteiger partial charge is 0.261 e. The zero-order chi connectivity index (χ0) is 14.9. The van der Waals surface area contributed by atoms with Gasteiger partial charge in [-0.25, -0.2) is 4.39 Å². The number of nitrogens with zero attached hydrogens (tertiary/aromatic N) is 1. The Morgan fingerprint density at radius 2 is 2.10 bits per heavy atom. The molecule has 2 rings (SSSR count). The van der Waals surface area contributed by atoms with Crippen LogP contribution in [0.4, 0.5) is 4.39 Å². The Kier molecular flexibility index (Phi) is 4.20. The van der Waals surface area contributed by atoms with Crippen molar-refractivity contribution in [3.63, 3.8) is 0 Å². The highest BCUT2D eigenvalue weighted by Crippen LogP contribution is 2.20. The van der Waals surface area contributed by atoms with E-state index in [9.17, 15) is 9.18 Å². The molecule has 0 unspecified atom stereocenters. The topological polar surface area (TPSA) is 48.0 Å². The van der Waals surface area contributed by atoms with Crippen molar-refractivity contribution in [3.05, 3.63) is 68.3 Å². The fourth-order valence-corrected chi connectivity index (χ4v) is 2.27. The van der Waals surface area contributed by atoms with E-state index in [2.05, 4.69) is 0 Å². The van der Waals surface area contributed by atoms with Gasteiger partial charge in [-0.05, 0) is 31.2 Å². The molecule has 0 saturated carbocycles. The molecule has 2 aromatic rings. The number of rotatable bonds is 3. The van der Waals surface area contributed by atoms with Gasteiger partial charge in [0.15, 0.2) is 0 Å². The Hall–Kier alpha value is -1.72. The molecule has 0 radical (unpaired) electrons. The molecule has 2 N–H and O–H groups in total. The van der Waals surface area contributed by atoms with E-state index >= 15 is 0 Å². The third kappa shape index (κ3) is 2.73. The van der Waals surface area contributed by atoms with Crippen molar-refractivity contribution in [2.75, 3.05) is 0 Å². The molecule has 0 aliphatic rings. The van der Waals surface area contributed by atoms with Gasteiger partial charge in [0.25, 0.3) is 5.56 Å². The van der Waals surface area contributed by atoms with Crippen molar-refractivity contribution in [1.82, 2.24) is 4.57 Å². The third-order valence-electron chi connectivity index (χ3n) is 3.04. The second kappa shape index (κ2) is 5.73. The number of nitrogens with two attached hydrogens (primary N) is 1. The quantitative estimate of drug-likeness (QED) is 0.887. The van der Waals surface area contributed by atoms with Crippen LogP contribution in [0.5, 0.6) is 0 Å². The summed E-state index contributed by atoms with van der Waals surface area (Å²) < 4.78 is 15.2. The number of halogens is 2. The Morgan fingerprint density at radius 1 is 1.40 bits per heavy atom. The zero-order valence-electron chi connectivity index (χ0n) is 10.7. The number of hydrogen-bond acceptors (Lipinski definition) is 2. The SMILES string of the molecule is Cc1ccc(C(N)=S)c(=O)n1Cc1c(F)cccc1Cl. The lowest BCUT2D eigenvalue weighted by Crippen LogP contribution is -2.30. The number of aryl methyl sites for hydroxylation is 1. The summed E-state index contributed by atoms with van der Waals surface area (Å²) in [6, 6.07) is 7.68. The summed E-state index contributed by atoms with van der Waals surface area (Å²) in [6.45, 7) is 1.78. The molecule has 0 bridgehead atoms. The molecule has 1 heterocycles.